The van der Waals surface area contributed by atoms with Crippen LogP contribution in [0.15, 0.2) is 10.3 Å². The van der Waals surface area contributed by atoms with Crippen LogP contribution in [0.2, 0.25) is 0 Å². The fraction of sp³-hybridized carbons (Fsp3) is 1.00. The molecule has 1 rings (SSSR count). The Morgan fingerprint density at radius 3 is 2.77 bits per heavy atom. The third-order valence-corrected chi connectivity index (χ3v) is 2.60. The molecular formula is C10H21N3. The molecule has 1 aliphatic rings. The summed E-state index contributed by atoms with van der Waals surface area (Å²) in [7, 11) is 0. The number of nitrogens with zero attached hydrogens (tertiary/aromatic N) is 3. The number of rotatable bonds is 6. The molecule has 0 aromatic heterocycles. The molecule has 0 bridgehead atoms. The Balaban J connectivity index is 2.09. The van der Waals surface area contributed by atoms with E-state index in [2.05, 4.69) is 29.2 Å². The first-order valence-electron chi connectivity index (χ1n) is 5.52. The highest BCUT2D eigenvalue weighted by atomic mass is 15.6. The first kappa shape index (κ1) is 10.5. The second-order valence-electron chi connectivity index (χ2n) is 3.70. The summed E-state index contributed by atoms with van der Waals surface area (Å²) in [5, 5.41) is 10.4. The molecule has 0 radical (unpaired) electrons. The van der Waals surface area contributed by atoms with E-state index in [-0.39, 0.29) is 0 Å². The van der Waals surface area contributed by atoms with Crippen molar-refractivity contribution in [3.63, 3.8) is 0 Å². The predicted molar refractivity (Wildman–Crippen MR) is 54.7 cm³/mol. The van der Waals surface area contributed by atoms with Crippen molar-refractivity contribution >= 4 is 0 Å². The lowest BCUT2D eigenvalue weighted by Gasteiger charge is -2.19. The van der Waals surface area contributed by atoms with Crippen LogP contribution >= 0.6 is 0 Å². The van der Waals surface area contributed by atoms with Crippen LogP contribution in [0.4, 0.5) is 0 Å². The van der Waals surface area contributed by atoms with Crippen LogP contribution < -0.4 is 0 Å². The zero-order valence-electron chi connectivity index (χ0n) is 8.87. The van der Waals surface area contributed by atoms with Gasteiger partial charge in [0.25, 0.3) is 0 Å². The van der Waals surface area contributed by atoms with Crippen LogP contribution in [0.25, 0.3) is 0 Å². The minimum Gasteiger partial charge on any atom is -0.274 e. The molecule has 3 heteroatoms. The topological polar surface area (TPSA) is 28.0 Å². The van der Waals surface area contributed by atoms with Crippen molar-refractivity contribution in [3.8, 4) is 0 Å². The summed E-state index contributed by atoms with van der Waals surface area (Å²) in [6, 6.07) is 0.585. The summed E-state index contributed by atoms with van der Waals surface area (Å²) in [4.78, 5) is 0. The van der Waals surface area contributed by atoms with E-state index < -0.39 is 0 Å². The molecule has 0 fully saturated rings. The molecule has 1 unspecified atom stereocenters. The van der Waals surface area contributed by atoms with Crippen molar-refractivity contribution in [2.24, 2.45) is 10.3 Å². The van der Waals surface area contributed by atoms with Gasteiger partial charge in [0.1, 0.15) is 0 Å². The normalized spacial score (nSPS) is 21.4. The highest BCUT2D eigenvalue weighted by Gasteiger charge is 2.18. The Morgan fingerprint density at radius 2 is 2.08 bits per heavy atom. The van der Waals surface area contributed by atoms with E-state index in [0.29, 0.717) is 6.04 Å². The van der Waals surface area contributed by atoms with E-state index in [1.165, 1.54) is 32.1 Å². The number of hydrogen-bond donors (Lipinski definition) is 0. The van der Waals surface area contributed by atoms with E-state index in [1.807, 2.05) is 0 Å². The monoisotopic (exact) mass is 183 g/mol. The van der Waals surface area contributed by atoms with Gasteiger partial charge in [-0.1, -0.05) is 38.3 Å². The molecule has 0 aromatic carbocycles. The third kappa shape index (κ3) is 3.33. The van der Waals surface area contributed by atoms with Gasteiger partial charge in [0.2, 0.25) is 0 Å². The van der Waals surface area contributed by atoms with Crippen molar-refractivity contribution in [2.45, 2.75) is 52.0 Å². The molecule has 13 heavy (non-hydrogen) atoms. The molecule has 1 aliphatic heterocycles. The molecule has 0 saturated carbocycles. The summed E-state index contributed by atoms with van der Waals surface area (Å²) < 4.78 is 0. The SMILES string of the molecule is CCCCCCN1N=NCC1CC. The second kappa shape index (κ2) is 5.95. The maximum Gasteiger partial charge on any atom is 0.0841 e. The zero-order chi connectivity index (χ0) is 9.52. The largest absolute Gasteiger partial charge is 0.274 e. The maximum atomic E-state index is 4.14. The van der Waals surface area contributed by atoms with Gasteiger partial charge in [-0.2, -0.15) is 5.11 Å². The summed E-state index contributed by atoms with van der Waals surface area (Å²) in [6.45, 7) is 6.46. The quantitative estimate of drug-likeness (QED) is 0.582. The van der Waals surface area contributed by atoms with Crippen molar-refractivity contribution in [2.75, 3.05) is 13.1 Å². The van der Waals surface area contributed by atoms with Crippen LogP contribution in [-0.4, -0.2) is 24.1 Å². The third-order valence-electron chi connectivity index (χ3n) is 2.60. The number of hydrogen-bond acceptors (Lipinski definition) is 3. The molecule has 0 spiro atoms. The molecule has 0 amide bonds. The maximum absolute atomic E-state index is 4.14. The van der Waals surface area contributed by atoms with Crippen LogP contribution in [-0.2, 0) is 0 Å². The van der Waals surface area contributed by atoms with Gasteiger partial charge < -0.3 is 0 Å². The van der Waals surface area contributed by atoms with E-state index in [1.54, 1.807) is 0 Å². The van der Waals surface area contributed by atoms with E-state index >= 15 is 0 Å². The molecule has 0 aromatic rings. The Morgan fingerprint density at radius 1 is 1.23 bits per heavy atom. The van der Waals surface area contributed by atoms with E-state index in [0.717, 1.165) is 13.1 Å². The second-order valence-corrected chi connectivity index (χ2v) is 3.70. The summed E-state index contributed by atoms with van der Waals surface area (Å²) >= 11 is 0. The Kier molecular flexibility index (Phi) is 4.79. The number of unbranched alkanes of at least 4 members (excludes halogenated alkanes) is 3. The van der Waals surface area contributed by atoms with Gasteiger partial charge in [0, 0.05) is 6.54 Å². The average Bonchev–Trinajstić information content (AvgIpc) is 2.60. The van der Waals surface area contributed by atoms with E-state index in [4.69, 9.17) is 0 Å². The highest BCUT2D eigenvalue weighted by Crippen LogP contribution is 2.14. The molecule has 76 valence electrons. The first-order chi connectivity index (χ1) is 6.38. The fourth-order valence-corrected chi connectivity index (χ4v) is 1.65. The zero-order valence-corrected chi connectivity index (χ0v) is 8.87. The lowest BCUT2D eigenvalue weighted by atomic mass is 10.2. The molecule has 0 saturated heterocycles. The standard InChI is InChI=1S/C10H21N3/c1-3-5-6-7-8-13-10(4-2)9-11-12-13/h10H,3-9H2,1-2H3. The van der Waals surface area contributed by atoms with Gasteiger partial charge in [-0.15, -0.1) is 0 Å². The van der Waals surface area contributed by atoms with Crippen LogP contribution in [0.5, 0.6) is 0 Å². The summed E-state index contributed by atoms with van der Waals surface area (Å²) in [6.07, 6.45) is 6.42. The Bertz CT molecular complexity index is 156. The Hall–Kier alpha value is -0.600. The molecule has 0 N–H and O–H groups in total. The molecule has 1 atom stereocenters. The predicted octanol–water partition coefficient (Wildman–Crippen LogP) is 3.03. The highest BCUT2D eigenvalue weighted by molar-refractivity contribution is 4.72. The van der Waals surface area contributed by atoms with Gasteiger partial charge in [0.15, 0.2) is 0 Å². The summed E-state index contributed by atoms with van der Waals surface area (Å²) in [5.74, 6) is 0. The fourth-order valence-electron chi connectivity index (χ4n) is 1.65. The van der Waals surface area contributed by atoms with Gasteiger partial charge in [-0.3, -0.25) is 5.01 Å². The first-order valence-corrected chi connectivity index (χ1v) is 5.52. The lowest BCUT2D eigenvalue weighted by Crippen LogP contribution is -2.28. The molecular weight excluding hydrogens is 162 g/mol. The summed E-state index contributed by atoms with van der Waals surface area (Å²) in [5.41, 5.74) is 0. The van der Waals surface area contributed by atoms with Crippen LogP contribution in [0.3, 0.4) is 0 Å². The molecule has 3 nitrogen and oxygen atoms in total. The molecule has 1 heterocycles. The minimum atomic E-state index is 0.585. The van der Waals surface area contributed by atoms with Gasteiger partial charge in [-0.25, -0.2) is 0 Å². The van der Waals surface area contributed by atoms with Crippen molar-refractivity contribution < 1.29 is 0 Å². The van der Waals surface area contributed by atoms with Crippen LogP contribution in [0, 0.1) is 0 Å². The van der Waals surface area contributed by atoms with Crippen molar-refractivity contribution in [1.82, 2.24) is 5.01 Å². The van der Waals surface area contributed by atoms with Gasteiger partial charge >= 0.3 is 0 Å². The van der Waals surface area contributed by atoms with Crippen molar-refractivity contribution in [1.29, 1.82) is 0 Å². The van der Waals surface area contributed by atoms with Gasteiger partial charge in [-0.05, 0) is 12.8 Å². The van der Waals surface area contributed by atoms with Crippen molar-refractivity contribution in [3.05, 3.63) is 0 Å². The Labute approximate surface area is 81.2 Å². The van der Waals surface area contributed by atoms with Gasteiger partial charge in [0.05, 0.1) is 12.6 Å². The minimum absolute atomic E-state index is 0.585. The molecule has 0 aliphatic carbocycles. The van der Waals surface area contributed by atoms with Crippen LogP contribution in [0.1, 0.15) is 46.0 Å². The lowest BCUT2D eigenvalue weighted by molar-refractivity contribution is 0.227. The van der Waals surface area contributed by atoms with E-state index in [9.17, 15) is 0 Å². The smallest absolute Gasteiger partial charge is 0.0841 e. The average molecular weight is 183 g/mol.